The Balaban J connectivity index is 2.49. The van der Waals surface area contributed by atoms with Crippen molar-refractivity contribution < 1.29 is 4.74 Å². The second-order valence-electron chi connectivity index (χ2n) is 3.97. The van der Waals surface area contributed by atoms with E-state index < -0.39 is 0 Å². The normalized spacial score (nSPS) is 11.2. The quantitative estimate of drug-likeness (QED) is 0.616. The highest BCUT2D eigenvalue weighted by Crippen LogP contribution is 2.31. The summed E-state index contributed by atoms with van der Waals surface area (Å²) in [4.78, 5) is 4.12. The van der Waals surface area contributed by atoms with Crippen LogP contribution in [0, 0.1) is 0 Å². The van der Waals surface area contributed by atoms with Crippen LogP contribution >= 0.6 is 11.6 Å². The molecule has 2 heterocycles. The molecule has 3 aromatic rings. The number of hydrogen-bond donors (Lipinski definition) is 0. The standard InChI is InChI=1S/C13H11ClN2O/c1-16-11-5-8(17-2)3-4-9(11)10-6-13(14)15-7-12(10)16/h3-7H,1-2H3. The SMILES string of the molecule is COc1ccc2c3cc(Cl)ncc3n(C)c2c1. The van der Waals surface area contributed by atoms with Crippen molar-refractivity contribution in [2.45, 2.75) is 0 Å². The summed E-state index contributed by atoms with van der Waals surface area (Å²) >= 11 is 5.94. The summed E-state index contributed by atoms with van der Waals surface area (Å²) < 4.78 is 7.34. The summed E-state index contributed by atoms with van der Waals surface area (Å²) in [7, 11) is 3.68. The third-order valence-corrected chi connectivity index (χ3v) is 3.27. The smallest absolute Gasteiger partial charge is 0.129 e. The summed E-state index contributed by atoms with van der Waals surface area (Å²) in [6.07, 6.45) is 1.80. The molecule has 0 N–H and O–H groups in total. The molecule has 86 valence electrons. The molecule has 0 spiro atoms. The van der Waals surface area contributed by atoms with Crippen molar-refractivity contribution in [1.82, 2.24) is 9.55 Å². The molecule has 0 saturated heterocycles. The Morgan fingerprint density at radius 1 is 1.18 bits per heavy atom. The molecule has 2 aromatic heterocycles. The van der Waals surface area contributed by atoms with Crippen molar-refractivity contribution in [3.05, 3.63) is 35.6 Å². The van der Waals surface area contributed by atoms with Crippen LogP contribution in [0.4, 0.5) is 0 Å². The summed E-state index contributed by atoms with van der Waals surface area (Å²) in [5.74, 6) is 0.850. The van der Waals surface area contributed by atoms with Crippen molar-refractivity contribution >= 4 is 33.4 Å². The molecule has 0 radical (unpaired) electrons. The number of aromatic nitrogens is 2. The van der Waals surface area contributed by atoms with Gasteiger partial charge in [-0.2, -0.15) is 0 Å². The monoisotopic (exact) mass is 246 g/mol. The number of hydrogen-bond acceptors (Lipinski definition) is 2. The maximum Gasteiger partial charge on any atom is 0.129 e. The molecular weight excluding hydrogens is 236 g/mol. The zero-order chi connectivity index (χ0) is 12.0. The lowest BCUT2D eigenvalue weighted by molar-refractivity contribution is 0.415. The molecule has 3 nitrogen and oxygen atoms in total. The van der Waals surface area contributed by atoms with Crippen LogP contribution in [-0.4, -0.2) is 16.7 Å². The fraction of sp³-hybridized carbons (Fsp3) is 0.154. The first kappa shape index (κ1) is 10.4. The van der Waals surface area contributed by atoms with Gasteiger partial charge in [-0.3, -0.25) is 0 Å². The third-order valence-electron chi connectivity index (χ3n) is 3.07. The Labute approximate surface area is 104 Å². The minimum absolute atomic E-state index is 0.515. The van der Waals surface area contributed by atoms with Gasteiger partial charge in [0.05, 0.1) is 24.3 Å². The van der Waals surface area contributed by atoms with Gasteiger partial charge in [0.15, 0.2) is 0 Å². The van der Waals surface area contributed by atoms with Crippen molar-refractivity contribution in [3.63, 3.8) is 0 Å². The van der Waals surface area contributed by atoms with E-state index in [2.05, 4.69) is 9.55 Å². The van der Waals surface area contributed by atoms with E-state index >= 15 is 0 Å². The highest BCUT2D eigenvalue weighted by Gasteiger charge is 2.09. The molecule has 0 unspecified atom stereocenters. The molecular formula is C13H11ClN2O. The van der Waals surface area contributed by atoms with Gasteiger partial charge in [0.1, 0.15) is 10.9 Å². The lowest BCUT2D eigenvalue weighted by Gasteiger charge is -2.01. The number of nitrogens with zero attached hydrogens (tertiary/aromatic N) is 2. The molecule has 0 aliphatic rings. The summed E-state index contributed by atoms with van der Waals surface area (Å²) in [5.41, 5.74) is 2.18. The minimum Gasteiger partial charge on any atom is -0.497 e. The van der Waals surface area contributed by atoms with E-state index in [1.807, 2.05) is 31.3 Å². The van der Waals surface area contributed by atoms with Crippen LogP contribution < -0.4 is 4.74 Å². The van der Waals surface area contributed by atoms with Gasteiger partial charge in [-0.15, -0.1) is 0 Å². The van der Waals surface area contributed by atoms with Crippen LogP contribution in [0.3, 0.4) is 0 Å². The highest BCUT2D eigenvalue weighted by molar-refractivity contribution is 6.30. The van der Waals surface area contributed by atoms with Crippen LogP contribution in [0.2, 0.25) is 5.15 Å². The number of rotatable bonds is 1. The number of benzene rings is 1. The van der Waals surface area contributed by atoms with E-state index in [1.165, 1.54) is 0 Å². The molecule has 3 rings (SSSR count). The Morgan fingerprint density at radius 3 is 2.76 bits per heavy atom. The zero-order valence-corrected chi connectivity index (χ0v) is 10.3. The average Bonchev–Trinajstić information content (AvgIpc) is 2.62. The van der Waals surface area contributed by atoms with Gasteiger partial charge in [-0.1, -0.05) is 11.6 Å². The Bertz CT molecular complexity index is 718. The summed E-state index contributed by atoms with van der Waals surface area (Å²) in [6, 6.07) is 7.91. The van der Waals surface area contributed by atoms with E-state index in [-0.39, 0.29) is 0 Å². The summed E-state index contributed by atoms with van der Waals surface area (Å²) in [5, 5.41) is 2.79. The number of fused-ring (bicyclic) bond motifs is 3. The Kier molecular flexibility index (Phi) is 2.23. The van der Waals surface area contributed by atoms with Gasteiger partial charge in [-0.05, 0) is 18.2 Å². The van der Waals surface area contributed by atoms with E-state index in [0.29, 0.717) is 5.15 Å². The Hall–Kier alpha value is -1.74. The molecule has 0 aliphatic carbocycles. The predicted molar refractivity (Wildman–Crippen MR) is 69.8 cm³/mol. The lowest BCUT2D eigenvalue weighted by Crippen LogP contribution is -1.88. The molecule has 1 aromatic carbocycles. The lowest BCUT2D eigenvalue weighted by atomic mass is 10.2. The molecule has 17 heavy (non-hydrogen) atoms. The van der Waals surface area contributed by atoms with E-state index in [1.54, 1.807) is 13.3 Å². The number of halogens is 1. The molecule has 0 bridgehead atoms. The molecule has 0 fully saturated rings. The van der Waals surface area contributed by atoms with Crippen molar-refractivity contribution in [1.29, 1.82) is 0 Å². The Morgan fingerprint density at radius 2 is 2.00 bits per heavy atom. The van der Waals surface area contributed by atoms with Gasteiger partial charge in [-0.25, -0.2) is 4.98 Å². The number of aryl methyl sites for hydroxylation is 1. The molecule has 0 amide bonds. The van der Waals surface area contributed by atoms with Gasteiger partial charge in [0.25, 0.3) is 0 Å². The fourth-order valence-corrected chi connectivity index (χ4v) is 2.34. The minimum atomic E-state index is 0.515. The van der Waals surface area contributed by atoms with Crippen LogP contribution in [0.1, 0.15) is 0 Å². The second kappa shape index (κ2) is 3.64. The number of ether oxygens (including phenoxy) is 1. The summed E-state index contributed by atoms with van der Waals surface area (Å²) in [6.45, 7) is 0. The molecule has 4 heteroatoms. The first-order valence-corrected chi connectivity index (χ1v) is 5.66. The second-order valence-corrected chi connectivity index (χ2v) is 4.35. The fourth-order valence-electron chi connectivity index (χ4n) is 2.18. The highest BCUT2D eigenvalue weighted by atomic mass is 35.5. The van der Waals surface area contributed by atoms with Gasteiger partial charge in [0.2, 0.25) is 0 Å². The first-order chi connectivity index (χ1) is 8.20. The number of methoxy groups -OCH3 is 1. The van der Waals surface area contributed by atoms with E-state index in [0.717, 1.165) is 27.6 Å². The maximum absolute atomic E-state index is 5.94. The van der Waals surface area contributed by atoms with Gasteiger partial charge >= 0.3 is 0 Å². The molecule has 0 aliphatic heterocycles. The van der Waals surface area contributed by atoms with Crippen molar-refractivity contribution in [3.8, 4) is 5.75 Å². The topological polar surface area (TPSA) is 27.1 Å². The van der Waals surface area contributed by atoms with Gasteiger partial charge in [0, 0.05) is 23.9 Å². The average molecular weight is 247 g/mol. The van der Waals surface area contributed by atoms with Crippen LogP contribution in [-0.2, 0) is 7.05 Å². The molecule has 0 saturated carbocycles. The van der Waals surface area contributed by atoms with E-state index in [9.17, 15) is 0 Å². The van der Waals surface area contributed by atoms with Crippen LogP contribution in [0.15, 0.2) is 30.5 Å². The zero-order valence-electron chi connectivity index (χ0n) is 9.57. The molecule has 0 atom stereocenters. The first-order valence-electron chi connectivity index (χ1n) is 5.28. The third kappa shape index (κ3) is 1.46. The van der Waals surface area contributed by atoms with Gasteiger partial charge < -0.3 is 9.30 Å². The van der Waals surface area contributed by atoms with Crippen LogP contribution in [0.5, 0.6) is 5.75 Å². The predicted octanol–water partition coefficient (Wildman–Crippen LogP) is 3.39. The van der Waals surface area contributed by atoms with Crippen LogP contribution in [0.25, 0.3) is 21.8 Å². The van der Waals surface area contributed by atoms with Crippen molar-refractivity contribution in [2.24, 2.45) is 7.05 Å². The largest absolute Gasteiger partial charge is 0.497 e. The van der Waals surface area contributed by atoms with Crippen molar-refractivity contribution in [2.75, 3.05) is 7.11 Å². The maximum atomic E-state index is 5.94. The van der Waals surface area contributed by atoms with E-state index in [4.69, 9.17) is 16.3 Å². The number of pyridine rings is 1.